The van der Waals surface area contributed by atoms with Crippen molar-refractivity contribution >= 4 is 11.8 Å². The number of nitrogens with zero attached hydrogens (tertiary/aromatic N) is 3. The smallest absolute Gasteiger partial charge is 0.166 e. The van der Waals surface area contributed by atoms with E-state index in [-0.39, 0.29) is 0 Å². The van der Waals surface area contributed by atoms with E-state index in [1.165, 1.54) is 11.3 Å². The summed E-state index contributed by atoms with van der Waals surface area (Å²) >= 11 is 1.93. The van der Waals surface area contributed by atoms with Gasteiger partial charge in [-0.3, -0.25) is 4.68 Å². The molecule has 0 fully saturated rings. The molecule has 0 unspecified atom stereocenters. The lowest BCUT2D eigenvalue weighted by molar-refractivity contribution is 0.472. The number of aromatic nitrogens is 2. The fraction of sp³-hybridized carbons (Fsp3) is 0.636. The highest BCUT2D eigenvalue weighted by Crippen LogP contribution is 2.27. The third-order valence-electron chi connectivity index (χ3n) is 2.55. The average Bonchev–Trinajstić information content (AvgIpc) is 2.56. The molecule has 0 saturated carbocycles. The zero-order valence-corrected chi connectivity index (χ0v) is 9.97. The lowest BCUT2D eigenvalue weighted by atomic mass is 10.1. The van der Waals surface area contributed by atoms with Crippen molar-refractivity contribution in [2.45, 2.75) is 32.6 Å². The van der Waals surface area contributed by atoms with E-state index in [4.69, 9.17) is 5.26 Å². The molecule has 0 spiro atoms. The van der Waals surface area contributed by atoms with Crippen molar-refractivity contribution < 1.29 is 0 Å². The van der Waals surface area contributed by atoms with Crippen LogP contribution in [0.3, 0.4) is 0 Å². The topological polar surface area (TPSA) is 41.6 Å². The minimum absolute atomic E-state index is 0.576. The summed E-state index contributed by atoms with van der Waals surface area (Å²) in [5.74, 6) is 2.71. The molecule has 0 radical (unpaired) electrons. The van der Waals surface area contributed by atoms with Gasteiger partial charge in [0.1, 0.15) is 6.07 Å². The van der Waals surface area contributed by atoms with Crippen molar-refractivity contribution in [2.24, 2.45) is 5.92 Å². The summed E-state index contributed by atoms with van der Waals surface area (Å²) in [5.41, 5.74) is 3.11. The number of hydrogen-bond donors (Lipinski definition) is 0. The van der Waals surface area contributed by atoms with Gasteiger partial charge < -0.3 is 0 Å². The van der Waals surface area contributed by atoms with Crippen LogP contribution in [-0.2, 0) is 18.7 Å². The van der Waals surface area contributed by atoms with Crippen LogP contribution in [-0.4, -0.2) is 15.5 Å². The van der Waals surface area contributed by atoms with E-state index in [2.05, 4.69) is 25.0 Å². The standard InChI is InChI=1S/C11H15N3S/c1-8(2)6-14-11-7-15-4-3-9(11)10(5-12)13-14/h8H,3-4,6-7H2,1-2H3. The summed E-state index contributed by atoms with van der Waals surface area (Å²) in [4.78, 5) is 0. The third kappa shape index (κ3) is 2.03. The highest BCUT2D eigenvalue weighted by molar-refractivity contribution is 7.98. The summed E-state index contributed by atoms with van der Waals surface area (Å²) in [7, 11) is 0. The third-order valence-corrected chi connectivity index (χ3v) is 3.52. The molecule has 0 N–H and O–H groups in total. The van der Waals surface area contributed by atoms with Gasteiger partial charge in [-0.05, 0) is 18.1 Å². The molecule has 1 aliphatic heterocycles. The molecule has 1 aromatic rings. The molecule has 2 rings (SSSR count). The van der Waals surface area contributed by atoms with Gasteiger partial charge in [0, 0.05) is 17.9 Å². The van der Waals surface area contributed by atoms with Gasteiger partial charge in [-0.15, -0.1) is 0 Å². The minimum atomic E-state index is 0.576. The Labute approximate surface area is 94.5 Å². The number of thioether (sulfide) groups is 1. The number of hydrogen-bond acceptors (Lipinski definition) is 3. The second-order valence-corrected chi connectivity index (χ2v) is 5.37. The fourth-order valence-corrected chi connectivity index (χ4v) is 2.90. The first-order valence-corrected chi connectivity index (χ1v) is 6.44. The van der Waals surface area contributed by atoms with E-state index >= 15 is 0 Å². The maximum Gasteiger partial charge on any atom is 0.166 e. The predicted molar refractivity (Wildman–Crippen MR) is 61.6 cm³/mol. The van der Waals surface area contributed by atoms with Gasteiger partial charge in [0.2, 0.25) is 0 Å². The number of rotatable bonds is 2. The maximum absolute atomic E-state index is 9.01. The Balaban J connectivity index is 2.39. The molecule has 0 atom stereocenters. The second kappa shape index (κ2) is 4.28. The molecule has 3 nitrogen and oxygen atoms in total. The second-order valence-electron chi connectivity index (χ2n) is 4.26. The fourth-order valence-electron chi connectivity index (χ4n) is 1.89. The molecule has 0 aromatic carbocycles. The van der Waals surface area contributed by atoms with Gasteiger partial charge in [-0.25, -0.2) is 0 Å². The Morgan fingerprint density at radius 2 is 2.40 bits per heavy atom. The minimum Gasteiger partial charge on any atom is -0.267 e. The monoisotopic (exact) mass is 221 g/mol. The molecule has 0 saturated heterocycles. The molecule has 0 bridgehead atoms. The van der Waals surface area contributed by atoms with Crippen molar-refractivity contribution in [3.63, 3.8) is 0 Å². The van der Waals surface area contributed by atoms with E-state index in [1.54, 1.807) is 0 Å². The summed E-state index contributed by atoms with van der Waals surface area (Å²) < 4.78 is 2.03. The van der Waals surface area contributed by atoms with Crippen LogP contribution in [0.1, 0.15) is 30.8 Å². The number of fused-ring (bicyclic) bond motifs is 1. The Morgan fingerprint density at radius 1 is 1.60 bits per heavy atom. The van der Waals surface area contributed by atoms with Gasteiger partial charge in [-0.1, -0.05) is 13.8 Å². The first-order valence-electron chi connectivity index (χ1n) is 5.28. The largest absolute Gasteiger partial charge is 0.267 e. The average molecular weight is 221 g/mol. The predicted octanol–water partition coefficient (Wildman–Crippen LogP) is 2.20. The van der Waals surface area contributed by atoms with Crippen molar-refractivity contribution in [2.75, 3.05) is 5.75 Å². The summed E-state index contributed by atoms with van der Waals surface area (Å²) in [6.45, 7) is 5.27. The van der Waals surface area contributed by atoms with Crippen LogP contribution >= 0.6 is 11.8 Å². The maximum atomic E-state index is 9.01. The van der Waals surface area contributed by atoms with E-state index in [1.807, 2.05) is 16.4 Å². The lowest BCUT2D eigenvalue weighted by Crippen LogP contribution is -2.12. The Bertz CT molecular complexity index is 401. The summed E-state index contributed by atoms with van der Waals surface area (Å²) in [5, 5.41) is 13.4. The zero-order valence-electron chi connectivity index (χ0n) is 9.16. The molecule has 0 aliphatic carbocycles. The first kappa shape index (κ1) is 10.6. The normalized spacial score (nSPS) is 15.1. The molecular formula is C11H15N3S. The highest BCUT2D eigenvalue weighted by atomic mass is 32.2. The molecule has 4 heteroatoms. The van der Waals surface area contributed by atoms with Crippen LogP contribution in [0, 0.1) is 17.2 Å². The van der Waals surface area contributed by atoms with E-state index in [9.17, 15) is 0 Å². The Hall–Kier alpha value is -0.950. The Morgan fingerprint density at radius 3 is 3.07 bits per heavy atom. The van der Waals surface area contributed by atoms with Crippen LogP contribution in [0.15, 0.2) is 0 Å². The first-order chi connectivity index (χ1) is 7.22. The lowest BCUT2D eigenvalue weighted by Gasteiger charge is -2.14. The van der Waals surface area contributed by atoms with Crippen molar-refractivity contribution in [1.82, 2.24) is 9.78 Å². The molecular weight excluding hydrogens is 206 g/mol. The van der Waals surface area contributed by atoms with E-state index in [0.29, 0.717) is 11.6 Å². The molecule has 1 aromatic heterocycles. The molecule has 0 amide bonds. The van der Waals surface area contributed by atoms with Crippen LogP contribution in [0.5, 0.6) is 0 Å². The summed E-state index contributed by atoms with van der Waals surface area (Å²) in [6.07, 6.45) is 1.00. The Kier molecular flexibility index (Phi) is 3.01. The van der Waals surface area contributed by atoms with Gasteiger partial charge in [0.25, 0.3) is 0 Å². The SMILES string of the molecule is CC(C)Cn1nc(C#N)c2c1CSCC2. The van der Waals surface area contributed by atoms with Gasteiger partial charge in [-0.2, -0.15) is 22.1 Å². The molecule has 1 aliphatic rings. The van der Waals surface area contributed by atoms with E-state index in [0.717, 1.165) is 24.5 Å². The molecule has 2 heterocycles. The van der Waals surface area contributed by atoms with E-state index < -0.39 is 0 Å². The van der Waals surface area contributed by atoms with Crippen LogP contribution in [0.25, 0.3) is 0 Å². The van der Waals surface area contributed by atoms with Crippen molar-refractivity contribution in [3.8, 4) is 6.07 Å². The molecule has 80 valence electrons. The number of nitriles is 1. The summed E-state index contributed by atoms with van der Waals surface area (Å²) in [6, 6.07) is 2.21. The zero-order chi connectivity index (χ0) is 10.8. The highest BCUT2D eigenvalue weighted by Gasteiger charge is 2.20. The van der Waals surface area contributed by atoms with Gasteiger partial charge >= 0.3 is 0 Å². The van der Waals surface area contributed by atoms with Crippen molar-refractivity contribution in [1.29, 1.82) is 5.26 Å². The molecule has 15 heavy (non-hydrogen) atoms. The van der Waals surface area contributed by atoms with Crippen molar-refractivity contribution in [3.05, 3.63) is 17.0 Å². The van der Waals surface area contributed by atoms with Crippen LogP contribution in [0.4, 0.5) is 0 Å². The van der Waals surface area contributed by atoms with Gasteiger partial charge in [0.15, 0.2) is 5.69 Å². The quantitative estimate of drug-likeness (QED) is 0.768. The van der Waals surface area contributed by atoms with Gasteiger partial charge in [0.05, 0.1) is 5.69 Å². The van der Waals surface area contributed by atoms with Crippen LogP contribution < -0.4 is 0 Å². The van der Waals surface area contributed by atoms with Crippen LogP contribution in [0.2, 0.25) is 0 Å².